The van der Waals surface area contributed by atoms with Gasteiger partial charge in [-0.1, -0.05) is 6.92 Å². The van der Waals surface area contributed by atoms with Crippen molar-refractivity contribution in [2.45, 2.75) is 32.7 Å². The molecule has 14 heteroatoms. The van der Waals surface area contributed by atoms with E-state index in [4.69, 9.17) is 9.15 Å². The summed E-state index contributed by atoms with van der Waals surface area (Å²) in [7, 11) is -8.29. The highest BCUT2D eigenvalue weighted by Gasteiger charge is 2.28. The van der Waals surface area contributed by atoms with Gasteiger partial charge in [-0.25, -0.2) is 0 Å². The van der Waals surface area contributed by atoms with Crippen LogP contribution in [0.5, 0.6) is 5.75 Å². The molecule has 5 aromatic rings. The van der Waals surface area contributed by atoms with Crippen molar-refractivity contribution in [2.75, 3.05) is 23.0 Å². The molecule has 0 saturated carbocycles. The minimum Gasteiger partial charge on any atom is -0.439 e. The zero-order valence-corrected chi connectivity index (χ0v) is 27.3. The molecule has 0 bridgehead atoms. The minimum atomic E-state index is -4.15. The fourth-order valence-corrected chi connectivity index (χ4v) is 6.55. The summed E-state index contributed by atoms with van der Waals surface area (Å²) in [6, 6.07) is 19.2. The number of oxazole rings is 1. The van der Waals surface area contributed by atoms with E-state index in [1.807, 2.05) is 123 Å². The number of benzene rings is 2. The summed E-state index contributed by atoms with van der Waals surface area (Å²) in [5, 5.41) is 0. The van der Waals surface area contributed by atoms with E-state index in [0.717, 1.165) is 28.2 Å². The summed E-state index contributed by atoms with van der Waals surface area (Å²) in [5.41, 5.74) is 4.75. The second-order valence-electron chi connectivity index (χ2n) is 11.2. The van der Waals surface area contributed by atoms with Crippen LogP contribution in [0, 0.1) is 0 Å². The molecular weight excluding hydrogens is 645 g/mol. The van der Waals surface area contributed by atoms with Crippen molar-refractivity contribution in [3.05, 3.63) is 109 Å². The monoisotopic (exact) mass is 679 g/mol. The molecule has 47 heavy (non-hydrogen) atoms. The Kier molecular flexibility index (Phi) is 9.10. The van der Waals surface area contributed by atoms with Gasteiger partial charge in [-0.15, -0.1) is 0 Å². The first-order chi connectivity index (χ1) is 22.5. The van der Waals surface area contributed by atoms with E-state index in [1.54, 1.807) is 0 Å². The first-order valence-electron chi connectivity index (χ1n) is 15.1. The molecule has 3 aromatic heterocycles. The predicted molar refractivity (Wildman–Crippen MR) is 178 cm³/mol. The summed E-state index contributed by atoms with van der Waals surface area (Å²) in [4.78, 5) is 1.89. The molecule has 0 unspecified atom stereocenters. The fourth-order valence-electron chi connectivity index (χ4n) is 5.56. The first kappa shape index (κ1) is 32.3. The van der Waals surface area contributed by atoms with Crippen LogP contribution in [0.1, 0.15) is 32.1 Å². The lowest BCUT2D eigenvalue weighted by atomic mass is 10.1. The Bertz CT molecular complexity index is 2170. The third kappa shape index (κ3) is 7.68. The summed E-state index contributed by atoms with van der Waals surface area (Å²) < 4.78 is 83.1. The van der Waals surface area contributed by atoms with E-state index in [9.17, 15) is 25.9 Å². The van der Waals surface area contributed by atoms with Crippen LogP contribution in [-0.4, -0.2) is 53.1 Å². The van der Waals surface area contributed by atoms with Gasteiger partial charge in [0.15, 0.2) is 12.3 Å². The number of aromatic nitrogens is 3. The van der Waals surface area contributed by atoms with E-state index in [0.29, 0.717) is 29.5 Å². The summed E-state index contributed by atoms with van der Waals surface area (Å²) in [6.07, 6.45) is 12.3. The third-order valence-electron chi connectivity index (χ3n) is 7.83. The van der Waals surface area contributed by atoms with Crippen LogP contribution in [0.15, 0.2) is 107 Å². The van der Waals surface area contributed by atoms with Crippen LogP contribution in [0.2, 0.25) is 0 Å². The number of hydrogen-bond donors (Lipinski definition) is 2. The molecule has 6 rings (SSSR count). The molecule has 12 nitrogen and oxygen atoms in total. The Balaban J connectivity index is 1.38. The van der Waals surface area contributed by atoms with Crippen molar-refractivity contribution in [2.24, 2.45) is 0 Å². The largest absolute Gasteiger partial charge is 0.439 e. The number of hydrogen-bond acceptors (Lipinski definition) is 7. The van der Waals surface area contributed by atoms with Gasteiger partial charge in [0.25, 0.3) is 25.8 Å². The molecule has 0 saturated heterocycles. The van der Waals surface area contributed by atoms with Gasteiger partial charge in [0.05, 0.1) is 29.0 Å². The van der Waals surface area contributed by atoms with E-state index in [1.165, 1.54) is 0 Å². The molecule has 0 spiro atoms. The van der Waals surface area contributed by atoms with Gasteiger partial charge in [-0.3, -0.25) is 9.11 Å². The molecule has 2 aromatic carbocycles. The van der Waals surface area contributed by atoms with Gasteiger partial charge in [0, 0.05) is 55.6 Å². The summed E-state index contributed by atoms with van der Waals surface area (Å²) in [6.45, 7) is 2.52. The van der Waals surface area contributed by atoms with Gasteiger partial charge in [0.1, 0.15) is 0 Å². The first-order valence-corrected chi connectivity index (χ1v) is 18.3. The van der Waals surface area contributed by atoms with Gasteiger partial charge in [-0.2, -0.15) is 21.4 Å². The number of anilines is 1. The number of allylic oxidation sites excluding steroid dienone is 2. The highest BCUT2D eigenvalue weighted by molar-refractivity contribution is 7.86. The maximum absolute atomic E-state index is 11.5. The third-order valence-corrected chi connectivity index (χ3v) is 9.44. The normalized spacial score (nSPS) is 14.7. The highest BCUT2D eigenvalue weighted by atomic mass is 32.2. The lowest BCUT2D eigenvalue weighted by molar-refractivity contribution is -0.677. The number of aryl methyl sites for hydroxylation is 1. The number of fused-ring (bicyclic) bond motifs is 2. The predicted octanol–water partition coefficient (Wildman–Crippen LogP) is 5.39. The Morgan fingerprint density at radius 2 is 1.47 bits per heavy atom. The topological polar surface area (TPSA) is 148 Å². The van der Waals surface area contributed by atoms with Crippen molar-refractivity contribution < 1.29 is 39.7 Å². The molecular formula is C33H35N4O8S2+. The number of rotatable bonds is 13. The van der Waals surface area contributed by atoms with Crippen molar-refractivity contribution in [1.29, 1.82) is 0 Å². The molecule has 4 heterocycles. The molecule has 0 amide bonds. The molecule has 1 aliphatic rings. The SMILES string of the molecule is CCC(/C=C1\Oc2ccc(-n3cccc3)cc2N1CCCS(=O)(=O)O)=C\c1oc2ccc(-n3cccc3)cc2[n+]1CCCS(=O)(=O)O. The van der Waals surface area contributed by atoms with Crippen molar-refractivity contribution in [3.8, 4) is 17.1 Å². The smallest absolute Gasteiger partial charge is 0.374 e. The van der Waals surface area contributed by atoms with Crippen molar-refractivity contribution in [3.63, 3.8) is 0 Å². The second-order valence-corrected chi connectivity index (χ2v) is 14.3. The molecule has 1 aliphatic heterocycles. The average Bonchev–Trinajstić information content (AvgIpc) is 3.83. The second kappa shape index (κ2) is 13.2. The quantitative estimate of drug-likeness (QED) is 0.123. The molecule has 0 radical (unpaired) electrons. The highest BCUT2D eigenvalue weighted by Crippen LogP contribution is 2.41. The maximum atomic E-state index is 11.5. The van der Waals surface area contributed by atoms with E-state index < -0.39 is 31.7 Å². The Hall–Kier alpha value is -4.63. The molecule has 2 N–H and O–H groups in total. The van der Waals surface area contributed by atoms with E-state index in [2.05, 4.69) is 0 Å². The van der Waals surface area contributed by atoms with E-state index in [-0.39, 0.29) is 25.9 Å². The number of ether oxygens (including phenoxy) is 1. The lowest BCUT2D eigenvalue weighted by Gasteiger charge is -2.19. The van der Waals surface area contributed by atoms with Crippen LogP contribution < -0.4 is 14.2 Å². The van der Waals surface area contributed by atoms with Gasteiger partial charge < -0.3 is 23.2 Å². The Morgan fingerprint density at radius 3 is 2.11 bits per heavy atom. The van der Waals surface area contributed by atoms with Crippen LogP contribution in [0.3, 0.4) is 0 Å². The zero-order valence-electron chi connectivity index (χ0n) is 25.6. The standard InChI is InChI=1S/C33H34N4O8S2/c1-2-25(21-32-36(17-7-19-46(38,39)40)28-23-26(9-11-30(28)44-32)34-13-3-4-14-34)22-33-37(18-8-20-47(41,42)43)29-24-27(10-12-31(29)45-33)35-15-5-6-16-35/h3-6,9-16,21-24H,2,7-8,17-20H2,1H3,(H-,38,39,40,41,42,43)/p+1. The Labute approximate surface area is 272 Å². The summed E-state index contributed by atoms with van der Waals surface area (Å²) in [5.74, 6) is 0.783. The van der Waals surface area contributed by atoms with Gasteiger partial charge in [-0.05, 0) is 73.0 Å². The Morgan fingerprint density at radius 1 is 0.851 bits per heavy atom. The van der Waals surface area contributed by atoms with E-state index >= 15 is 0 Å². The zero-order chi connectivity index (χ0) is 33.2. The molecule has 246 valence electrons. The molecule has 0 aliphatic carbocycles. The average molecular weight is 680 g/mol. The lowest BCUT2D eigenvalue weighted by Crippen LogP contribution is -2.36. The van der Waals surface area contributed by atoms with Gasteiger partial charge >= 0.3 is 5.89 Å². The van der Waals surface area contributed by atoms with Crippen LogP contribution in [0.25, 0.3) is 28.6 Å². The number of nitrogens with zero attached hydrogens (tertiary/aromatic N) is 4. The van der Waals surface area contributed by atoms with Crippen LogP contribution in [0.4, 0.5) is 5.69 Å². The van der Waals surface area contributed by atoms with Gasteiger partial charge in [0.2, 0.25) is 11.5 Å². The maximum Gasteiger partial charge on any atom is 0.374 e. The fraction of sp³-hybridized carbons (Fsp3) is 0.242. The molecule has 0 fully saturated rings. The van der Waals surface area contributed by atoms with Crippen molar-refractivity contribution in [1.82, 2.24) is 9.13 Å². The van der Waals surface area contributed by atoms with Crippen LogP contribution >= 0.6 is 0 Å². The summed E-state index contributed by atoms with van der Waals surface area (Å²) >= 11 is 0. The van der Waals surface area contributed by atoms with Crippen molar-refractivity contribution >= 4 is 43.1 Å². The molecule has 0 atom stereocenters. The van der Waals surface area contributed by atoms with Crippen LogP contribution in [-0.2, 0) is 26.8 Å². The minimum absolute atomic E-state index is 0.166.